The van der Waals surface area contributed by atoms with Gasteiger partial charge in [0.1, 0.15) is 0 Å². The minimum Gasteiger partial charge on any atom is -0.379 e. The Kier molecular flexibility index (Phi) is 5.94. The van der Waals surface area contributed by atoms with Crippen LogP contribution in [-0.2, 0) is 14.8 Å². The maximum atomic E-state index is 12.7. The van der Waals surface area contributed by atoms with Crippen LogP contribution in [0.2, 0.25) is 0 Å². The van der Waals surface area contributed by atoms with Crippen LogP contribution >= 0.6 is 0 Å². The van der Waals surface area contributed by atoms with Gasteiger partial charge in [0.15, 0.2) is 0 Å². The lowest BCUT2D eigenvalue weighted by Gasteiger charge is -2.26. The zero-order valence-corrected chi connectivity index (χ0v) is 15.6. The number of benzene rings is 1. The summed E-state index contributed by atoms with van der Waals surface area (Å²) in [5.41, 5.74) is 4.12. The Hall–Kier alpha value is -2.62. The van der Waals surface area contributed by atoms with Crippen LogP contribution in [0.4, 0.5) is 0 Å². The number of hydrogen-bond acceptors (Lipinski definition) is 6. The van der Waals surface area contributed by atoms with Gasteiger partial charge in [0.2, 0.25) is 10.0 Å². The Labute approximate surface area is 157 Å². The van der Waals surface area contributed by atoms with Gasteiger partial charge in [0.25, 0.3) is 5.91 Å². The summed E-state index contributed by atoms with van der Waals surface area (Å²) in [5, 5.41) is 4.07. The molecule has 1 amide bonds. The molecular formula is C18H20N4O4S. The molecule has 0 aliphatic carbocycles. The molecule has 1 saturated heterocycles. The standard InChI is InChI=1S/C18H20N4O4S/c1-14(15-5-7-19-8-6-15)20-21-18(23)16-3-2-4-17(13-16)27(24,25)22-9-11-26-12-10-22/h2-8,13H,9-12H2,1H3,(H,21,23)/b20-14-. The van der Waals surface area contributed by atoms with Crippen molar-refractivity contribution < 1.29 is 17.9 Å². The van der Waals surface area contributed by atoms with E-state index in [0.29, 0.717) is 32.0 Å². The van der Waals surface area contributed by atoms with Gasteiger partial charge in [-0.25, -0.2) is 13.8 Å². The quantitative estimate of drug-likeness (QED) is 0.614. The van der Waals surface area contributed by atoms with Crippen molar-refractivity contribution in [3.63, 3.8) is 0 Å². The minimum absolute atomic E-state index is 0.0758. The molecule has 0 bridgehead atoms. The van der Waals surface area contributed by atoms with E-state index in [1.165, 1.54) is 16.4 Å². The fraction of sp³-hybridized carbons (Fsp3) is 0.278. The first-order valence-corrected chi connectivity index (χ1v) is 9.85. The van der Waals surface area contributed by atoms with Gasteiger partial charge in [-0.1, -0.05) is 6.07 Å². The van der Waals surface area contributed by atoms with Crippen molar-refractivity contribution >= 4 is 21.6 Å². The molecule has 1 N–H and O–H groups in total. The number of aromatic nitrogens is 1. The van der Waals surface area contributed by atoms with E-state index in [1.54, 1.807) is 43.6 Å². The highest BCUT2D eigenvalue weighted by atomic mass is 32.2. The Morgan fingerprint density at radius 1 is 1.15 bits per heavy atom. The van der Waals surface area contributed by atoms with Crippen LogP contribution in [0.15, 0.2) is 58.8 Å². The smallest absolute Gasteiger partial charge is 0.271 e. The number of nitrogens with one attached hydrogen (secondary N) is 1. The van der Waals surface area contributed by atoms with Gasteiger partial charge in [-0.05, 0) is 37.3 Å². The number of hydrogen-bond donors (Lipinski definition) is 1. The maximum Gasteiger partial charge on any atom is 0.271 e. The molecule has 1 fully saturated rings. The monoisotopic (exact) mass is 388 g/mol. The second-order valence-electron chi connectivity index (χ2n) is 5.92. The number of amides is 1. The van der Waals surface area contributed by atoms with E-state index in [2.05, 4.69) is 15.5 Å². The van der Waals surface area contributed by atoms with Crippen LogP contribution in [0.5, 0.6) is 0 Å². The first kappa shape index (κ1) is 19.2. The average Bonchev–Trinajstić information content (AvgIpc) is 2.73. The van der Waals surface area contributed by atoms with E-state index in [-0.39, 0.29) is 10.5 Å². The van der Waals surface area contributed by atoms with Crippen LogP contribution in [0, 0.1) is 0 Å². The molecule has 0 saturated carbocycles. The van der Waals surface area contributed by atoms with Crippen molar-refractivity contribution in [3.05, 3.63) is 59.9 Å². The molecule has 27 heavy (non-hydrogen) atoms. The molecule has 0 atom stereocenters. The van der Waals surface area contributed by atoms with Crippen LogP contribution in [0.1, 0.15) is 22.8 Å². The fourth-order valence-corrected chi connectivity index (χ4v) is 4.05. The van der Waals surface area contributed by atoms with Gasteiger partial charge in [0.05, 0.1) is 23.8 Å². The first-order valence-electron chi connectivity index (χ1n) is 8.41. The highest BCUT2D eigenvalue weighted by Gasteiger charge is 2.26. The molecule has 142 valence electrons. The van der Waals surface area contributed by atoms with Crippen molar-refractivity contribution in [1.82, 2.24) is 14.7 Å². The minimum atomic E-state index is -3.66. The number of carbonyl (C=O) groups is 1. The molecule has 1 aromatic carbocycles. The summed E-state index contributed by atoms with van der Waals surface area (Å²) in [4.78, 5) is 16.4. The molecule has 0 unspecified atom stereocenters. The summed E-state index contributed by atoms with van der Waals surface area (Å²) in [6.45, 7) is 3.09. The lowest BCUT2D eigenvalue weighted by molar-refractivity contribution is 0.0730. The molecule has 9 heteroatoms. The summed E-state index contributed by atoms with van der Waals surface area (Å²) < 4.78 is 32.0. The predicted octanol–water partition coefficient (Wildman–Crippen LogP) is 1.26. The summed E-state index contributed by atoms with van der Waals surface area (Å²) in [6, 6.07) is 9.48. The average molecular weight is 388 g/mol. The van der Waals surface area contributed by atoms with Crippen molar-refractivity contribution in [2.75, 3.05) is 26.3 Å². The molecule has 2 heterocycles. The molecule has 2 aromatic rings. The van der Waals surface area contributed by atoms with Crippen LogP contribution in [0.25, 0.3) is 0 Å². The summed E-state index contributed by atoms with van der Waals surface area (Å²) in [5.74, 6) is -0.484. The third-order valence-electron chi connectivity index (χ3n) is 4.13. The molecule has 0 radical (unpaired) electrons. The number of pyridine rings is 1. The highest BCUT2D eigenvalue weighted by Crippen LogP contribution is 2.18. The number of ether oxygens (including phenoxy) is 1. The second-order valence-corrected chi connectivity index (χ2v) is 7.86. The Morgan fingerprint density at radius 2 is 1.85 bits per heavy atom. The van der Waals surface area contributed by atoms with Crippen molar-refractivity contribution in [2.24, 2.45) is 5.10 Å². The van der Waals surface area contributed by atoms with E-state index in [9.17, 15) is 13.2 Å². The number of nitrogens with zero attached hydrogens (tertiary/aromatic N) is 3. The summed E-state index contributed by atoms with van der Waals surface area (Å²) in [7, 11) is -3.66. The lowest BCUT2D eigenvalue weighted by atomic mass is 10.2. The number of carbonyl (C=O) groups excluding carboxylic acids is 1. The molecular weight excluding hydrogens is 368 g/mol. The molecule has 8 nitrogen and oxygen atoms in total. The Balaban J connectivity index is 1.76. The fourth-order valence-electron chi connectivity index (χ4n) is 2.59. The number of sulfonamides is 1. The van der Waals surface area contributed by atoms with E-state index >= 15 is 0 Å². The summed E-state index contributed by atoms with van der Waals surface area (Å²) >= 11 is 0. The van der Waals surface area contributed by atoms with E-state index < -0.39 is 15.9 Å². The van der Waals surface area contributed by atoms with Gasteiger partial charge in [-0.2, -0.15) is 9.41 Å². The van der Waals surface area contributed by atoms with Crippen molar-refractivity contribution in [2.45, 2.75) is 11.8 Å². The maximum absolute atomic E-state index is 12.7. The van der Waals surface area contributed by atoms with Crippen LogP contribution < -0.4 is 5.43 Å². The normalized spacial score (nSPS) is 16.1. The van der Waals surface area contributed by atoms with Crippen LogP contribution in [0.3, 0.4) is 0 Å². The number of morpholine rings is 1. The van der Waals surface area contributed by atoms with E-state index in [0.717, 1.165) is 5.56 Å². The summed E-state index contributed by atoms with van der Waals surface area (Å²) in [6.07, 6.45) is 3.27. The number of rotatable bonds is 5. The number of hydrazone groups is 1. The zero-order valence-electron chi connectivity index (χ0n) is 14.8. The first-order chi connectivity index (χ1) is 13.0. The van der Waals surface area contributed by atoms with Gasteiger partial charge in [-0.3, -0.25) is 9.78 Å². The van der Waals surface area contributed by atoms with Gasteiger partial charge < -0.3 is 4.74 Å². The lowest BCUT2D eigenvalue weighted by Crippen LogP contribution is -2.40. The molecule has 1 aliphatic rings. The molecule has 0 spiro atoms. The van der Waals surface area contributed by atoms with Crippen LogP contribution in [-0.4, -0.2) is 55.6 Å². The largest absolute Gasteiger partial charge is 0.379 e. The van der Waals surface area contributed by atoms with Gasteiger partial charge >= 0.3 is 0 Å². The van der Waals surface area contributed by atoms with Crippen molar-refractivity contribution in [3.8, 4) is 0 Å². The highest BCUT2D eigenvalue weighted by molar-refractivity contribution is 7.89. The van der Waals surface area contributed by atoms with E-state index in [1.807, 2.05) is 0 Å². The Bertz CT molecular complexity index is 939. The van der Waals surface area contributed by atoms with E-state index in [4.69, 9.17) is 4.74 Å². The zero-order chi connectivity index (χ0) is 19.3. The molecule has 1 aliphatic heterocycles. The second kappa shape index (κ2) is 8.38. The molecule has 1 aromatic heterocycles. The van der Waals surface area contributed by atoms with Gasteiger partial charge in [-0.15, -0.1) is 0 Å². The SMILES string of the molecule is C/C(=N/NC(=O)c1cccc(S(=O)(=O)N2CCOCC2)c1)c1ccncc1. The molecule has 3 rings (SSSR count). The predicted molar refractivity (Wildman–Crippen MR) is 99.9 cm³/mol. The van der Waals surface area contributed by atoms with Crippen molar-refractivity contribution in [1.29, 1.82) is 0 Å². The Morgan fingerprint density at radius 3 is 2.56 bits per heavy atom. The third-order valence-corrected chi connectivity index (χ3v) is 6.02. The third kappa shape index (κ3) is 4.57. The van der Waals surface area contributed by atoms with Gasteiger partial charge in [0, 0.05) is 36.6 Å². The topological polar surface area (TPSA) is 101 Å².